The maximum absolute atomic E-state index is 12.3. The molecule has 1 aromatic heterocycles. The van der Waals surface area contributed by atoms with Crippen molar-refractivity contribution in [3.05, 3.63) is 70.9 Å². The van der Waals surface area contributed by atoms with Gasteiger partial charge in [0.1, 0.15) is 0 Å². The Labute approximate surface area is 166 Å². The van der Waals surface area contributed by atoms with Crippen LogP contribution < -0.4 is 5.32 Å². The third kappa shape index (κ3) is 4.98. The topological polar surface area (TPSA) is 88.3 Å². The smallest absolute Gasteiger partial charge is 0.306 e. The molecule has 1 amide bonds. The summed E-state index contributed by atoms with van der Waals surface area (Å²) in [5, 5.41) is 4.08. The summed E-state index contributed by atoms with van der Waals surface area (Å²) in [5.74, 6) is -0.977. The number of carbonyl (C=O) groups is 3. The molecule has 0 unspecified atom stereocenters. The second-order valence-electron chi connectivity index (χ2n) is 6.20. The van der Waals surface area contributed by atoms with Gasteiger partial charge in [-0.25, -0.2) is 0 Å². The Kier molecular flexibility index (Phi) is 6.45. The van der Waals surface area contributed by atoms with Crippen LogP contribution in [0.2, 0.25) is 5.02 Å². The second-order valence-corrected chi connectivity index (χ2v) is 6.63. The monoisotopic (exact) mass is 398 g/mol. The van der Waals surface area contributed by atoms with Gasteiger partial charge >= 0.3 is 5.97 Å². The molecular weight excluding hydrogens is 380 g/mol. The van der Waals surface area contributed by atoms with Gasteiger partial charge in [-0.2, -0.15) is 0 Å². The Bertz CT molecular complexity index is 995. The molecule has 144 valence electrons. The van der Waals surface area contributed by atoms with Gasteiger partial charge in [0.15, 0.2) is 6.61 Å². The molecular formula is C21H19ClN2O4. The summed E-state index contributed by atoms with van der Waals surface area (Å²) in [6, 6.07) is 14.0. The van der Waals surface area contributed by atoms with Crippen molar-refractivity contribution in [1.82, 2.24) is 10.3 Å². The molecule has 3 aromatic rings. The highest BCUT2D eigenvalue weighted by atomic mass is 35.5. The summed E-state index contributed by atoms with van der Waals surface area (Å²) in [6.07, 6.45) is 2.15. The van der Waals surface area contributed by atoms with Crippen molar-refractivity contribution in [2.24, 2.45) is 0 Å². The van der Waals surface area contributed by atoms with E-state index in [-0.39, 0.29) is 24.7 Å². The fourth-order valence-corrected chi connectivity index (χ4v) is 2.86. The molecule has 2 aromatic carbocycles. The van der Waals surface area contributed by atoms with Crippen LogP contribution in [0.3, 0.4) is 0 Å². The van der Waals surface area contributed by atoms with E-state index in [1.165, 1.54) is 0 Å². The van der Waals surface area contributed by atoms with Crippen molar-refractivity contribution in [3.8, 4) is 0 Å². The van der Waals surface area contributed by atoms with Gasteiger partial charge in [0.25, 0.3) is 5.91 Å². The number of hydrogen-bond acceptors (Lipinski definition) is 4. The zero-order chi connectivity index (χ0) is 19.9. The number of Topliss-reactive ketones (excluding diaryl/α,β-unsaturated/α-hetero) is 1. The van der Waals surface area contributed by atoms with Crippen molar-refractivity contribution in [1.29, 1.82) is 0 Å². The minimum absolute atomic E-state index is 0.113. The molecule has 0 fully saturated rings. The fraction of sp³-hybridized carbons (Fsp3) is 0.190. The number of rotatable bonds is 8. The summed E-state index contributed by atoms with van der Waals surface area (Å²) in [7, 11) is 0. The Morgan fingerprint density at radius 3 is 2.57 bits per heavy atom. The standard InChI is InChI=1S/C21H19ClN2O4/c22-15-9-7-14(8-10-15)21(27)23-11-3-6-20(26)28-13-19(25)17-12-24-18-5-2-1-4-16(17)18/h1-2,4-5,7-10,12,24H,3,6,11,13H2,(H,23,27). The van der Waals surface area contributed by atoms with Crippen molar-refractivity contribution in [2.75, 3.05) is 13.2 Å². The van der Waals surface area contributed by atoms with E-state index in [2.05, 4.69) is 10.3 Å². The lowest BCUT2D eigenvalue weighted by Gasteiger charge is -2.06. The molecule has 7 heteroatoms. The van der Waals surface area contributed by atoms with E-state index < -0.39 is 5.97 Å². The summed E-state index contributed by atoms with van der Waals surface area (Å²) in [4.78, 5) is 39.0. The number of hydrogen-bond donors (Lipinski definition) is 2. The molecule has 0 spiro atoms. The largest absolute Gasteiger partial charge is 0.457 e. The first kappa shape index (κ1) is 19.6. The maximum atomic E-state index is 12.3. The van der Waals surface area contributed by atoms with Gasteiger partial charge < -0.3 is 15.0 Å². The number of ether oxygens (including phenoxy) is 1. The normalized spacial score (nSPS) is 10.6. The van der Waals surface area contributed by atoms with Crippen LogP contribution in [-0.2, 0) is 9.53 Å². The van der Waals surface area contributed by atoms with E-state index in [1.807, 2.05) is 24.3 Å². The van der Waals surface area contributed by atoms with E-state index >= 15 is 0 Å². The number of para-hydroxylation sites is 1. The van der Waals surface area contributed by atoms with Crippen molar-refractivity contribution in [3.63, 3.8) is 0 Å². The molecule has 0 bridgehead atoms. The fourth-order valence-electron chi connectivity index (χ4n) is 2.74. The van der Waals surface area contributed by atoms with Gasteiger partial charge in [-0.3, -0.25) is 14.4 Å². The van der Waals surface area contributed by atoms with E-state index in [9.17, 15) is 14.4 Å². The molecule has 0 radical (unpaired) electrons. The number of nitrogens with one attached hydrogen (secondary N) is 2. The predicted octanol–water partition coefficient (Wildman–Crippen LogP) is 3.76. The lowest BCUT2D eigenvalue weighted by atomic mass is 10.1. The summed E-state index contributed by atoms with van der Waals surface area (Å²) in [6.45, 7) is 0.0186. The van der Waals surface area contributed by atoms with Crippen LogP contribution in [0, 0.1) is 0 Å². The maximum Gasteiger partial charge on any atom is 0.306 e. The molecule has 3 rings (SSSR count). The number of esters is 1. The van der Waals surface area contributed by atoms with Crippen molar-refractivity contribution in [2.45, 2.75) is 12.8 Å². The lowest BCUT2D eigenvalue weighted by molar-refractivity contribution is -0.142. The molecule has 0 saturated carbocycles. The highest BCUT2D eigenvalue weighted by molar-refractivity contribution is 6.30. The number of aromatic amines is 1. The number of amides is 1. The number of halogens is 1. The first-order valence-electron chi connectivity index (χ1n) is 8.83. The third-order valence-electron chi connectivity index (χ3n) is 4.20. The van der Waals surface area contributed by atoms with Gasteiger partial charge in [0, 0.05) is 46.2 Å². The Morgan fingerprint density at radius 1 is 1.04 bits per heavy atom. The van der Waals surface area contributed by atoms with Crippen LogP contribution in [0.25, 0.3) is 10.9 Å². The van der Waals surface area contributed by atoms with Crippen molar-refractivity contribution < 1.29 is 19.1 Å². The van der Waals surface area contributed by atoms with Crippen molar-refractivity contribution >= 4 is 40.2 Å². The third-order valence-corrected chi connectivity index (χ3v) is 4.46. The summed E-state index contributed by atoms with van der Waals surface area (Å²) >= 11 is 5.78. The lowest BCUT2D eigenvalue weighted by Crippen LogP contribution is -2.25. The highest BCUT2D eigenvalue weighted by Gasteiger charge is 2.14. The van der Waals surface area contributed by atoms with Gasteiger partial charge in [-0.15, -0.1) is 0 Å². The molecule has 0 atom stereocenters. The van der Waals surface area contributed by atoms with Crippen LogP contribution in [0.4, 0.5) is 0 Å². The number of ketones is 1. The van der Waals surface area contributed by atoms with Crippen LogP contribution >= 0.6 is 11.6 Å². The molecule has 2 N–H and O–H groups in total. The van der Waals surface area contributed by atoms with E-state index in [0.29, 0.717) is 29.1 Å². The zero-order valence-electron chi connectivity index (χ0n) is 15.0. The SMILES string of the molecule is O=C(CCCNC(=O)c1ccc(Cl)cc1)OCC(=O)c1c[nH]c2ccccc12. The quantitative estimate of drug-likeness (QED) is 0.343. The number of H-pyrrole nitrogens is 1. The molecule has 6 nitrogen and oxygen atoms in total. The predicted molar refractivity (Wildman–Crippen MR) is 107 cm³/mol. The van der Waals surface area contributed by atoms with Gasteiger partial charge in [-0.1, -0.05) is 29.8 Å². The average Bonchev–Trinajstić information content (AvgIpc) is 3.14. The first-order chi connectivity index (χ1) is 13.5. The Balaban J connectivity index is 1.38. The zero-order valence-corrected chi connectivity index (χ0v) is 15.8. The molecule has 0 aliphatic carbocycles. The number of carbonyl (C=O) groups excluding carboxylic acids is 3. The van der Waals surface area contributed by atoms with Crippen LogP contribution in [-0.4, -0.2) is 35.8 Å². The van der Waals surface area contributed by atoms with Gasteiger partial charge in [0.05, 0.1) is 0 Å². The second kappa shape index (κ2) is 9.19. The van der Waals surface area contributed by atoms with Gasteiger partial charge in [0.2, 0.25) is 5.78 Å². The van der Waals surface area contributed by atoms with E-state index in [0.717, 1.165) is 10.9 Å². The van der Waals surface area contributed by atoms with Gasteiger partial charge in [-0.05, 0) is 36.8 Å². The number of fused-ring (bicyclic) bond motifs is 1. The Morgan fingerprint density at radius 2 is 1.79 bits per heavy atom. The Hall–Kier alpha value is -3.12. The molecule has 1 heterocycles. The van der Waals surface area contributed by atoms with Crippen LogP contribution in [0.1, 0.15) is 33.6 Å². The van der Waals surface area contributed by atoms with Crippen LogP contribution in [0.15, 0.2) is 54.7 Å². The minimum Gasteiger partial charge on any atom is -0.457 e. The number of benzene rings is 2. The minimum atomic E-state index is -0.478. The first-order valence-corrected chi connectivity index (χ1v) is 9.21. The number of aromatic nitrogens is 1. The molecule has 0 aliphatic rings. The van der Waals surface area contributed by atoms with Crippen LogP contribution in [0.5, 0.6) is 0 Å². The van der Waals surface area contributed by atoms with E-state index in [1.54, 1.807) is 30.5 Å². The highest BCUT2D eigenvalue weighted by Crippen LogP contribution is 2.18. The summed E-state index contributed by atoms with van der Waals surface area (Å²) < 4.78 is 5.05. The van der Waals surface area contributed by atoms with E-state index in [4.69, 9.17) is 16.3 Å². The average molecular weight is 399 g/mol. The summed E-state index contributed by atoms with van der Waals surface area (Å²) in [5.41, 5.74) is 1.85. The molecule has 28 heavy (non-hydrogen) atoms. The molecule has 0 saturated heterocycles. The molecule has 0 aliphatic heterocycles.